The third-order valence-electron chi connectivity index (χ3n) is 4.32. The normalized spacial score (nSPS) is 19.7. The molecule has 27 heavy (non-hydrogen) atoms. The molecule has 1 aromatic heterocycles. The first-order valence-electron chi connectivity index (χ1n) is 8.57. The number of morpholine rings is 1. The van der Waals surface area contributed by atoms with Gasteiger partial charge in [-0.3, -0.25) is 19.7 Å². The quantitative estimate of drug-likeness (QED) is 0.599. The number of rotatable bonds is 3. The summed E-state index contributed by atoms with van der Waals surface area (Å²) in [6.45, 7) is 6.01. The van der Waals surface area contributed by atoms with Crippen LogP contribution < -0.4 is 5.43 Å². The molecule has 1 fully saturated rings. The Bertz CT molecular complexity index is 945. The van der Waals surface area contributed by atoms with Crippen LogP contribution in [0.25, 0.3) is 5.69 Å². The molecule has 1 aliphatic rings. The molecule has 9 nitrogen and oxygen atoms in total. The number of carbonyl (C=O) groups is 1. The average Bonchev–Trinajstić information content (AvgIpc) is 2.60. The fourth-order valence-corrected chi connectivity index (χ4v) is 3.23. The Kier molecular flexibility index (Phi) is 5.04. The number of nitro groups is 1. The Hall–Kier alpha value is -3.07. The molecule has 0 radical (unpaired) electrons. The minimum atomic E-state index is -0.526. The van der Waals surface area contributed by atoms with Gasteiger partial charge in [0.15, 0.2) is 5.69 Å². The van der Waals surface area contributed by atoms with Crippen molar-refractivity contribution in [2.45, 2.75) is 33.0 Å². The maximum absolute atomic E-state index is 12.9. The number of carbonyl (C=O) groups excluding carboxylic acids is 1. The van der Waals surface area contributed by atoms with Gasteiger partial charge in [-0.05, 0) is 26.8 Å². The van der Waals surface area contributed by atoms with Gasteiger partial charge in [-0.15, -0.1) is 0 Å². The van der Waals surface area contributed by atoms with Crippen LogP contribution in [0.1, 0.15) is 30.0 Å². The first-order valence-corrected chi connectivity index (χ1v) is 8.57. The van der Waals surface area contributed by atoms with E-state index in [1.807, 2.05) is 13.8 Å². The molecule has 1 amide bonds. The highest BCUT2D eigenvalue weighted by molar-refractivity contribution is 5.92. The average molecular weight is 372 g/mol. The van der Waals surface area contributed by atoms with E-state index in [-0.39, 0.29) is 29.3 Å². The summed E-state index contributed by atoms with van der Waals surface area (Å²) in [6.07, 6.45) is -0.304. The second-order valence-corrected chi connectivity index (χ2v) is 6.62. The fourth-order valence-electron chi connectivity index (χ4n) is 3.23. The number of ether oxygens (including phenoxy) is 1. The maximum Gasteiger partial charge on any atom is 0.294 e. The smallest absolute Gasteiger partial charge is 0.294 e. The van der Waals surface area contributed by atoms with Crippen LogP contribution in [0, 0.1) is 17.0 Å². The lowest BCUT2D eigenvalue weighted by molar-refractivity contribution is -0.384. The topological polar surface area (TPSA) is 108 Å². The van der Waals surface area contributed by atoms with Crippen molar-refractivity contribution in [2.24, 2.45) is 0 Å². The monoisotopic (exact) mass is 372 g/mol. The minimum absolute atomic E-state index is 0.152. The Morgan fingerprint density at radius 1 is 1.26 bits per heavy atom. The van der Waals surface area contributed by atoms with Gasteiger partial charge in [0.25, 0.3) is 11.6 Å². The molecule has 1 aromatic carbocycles. The van der Waals surface area contributed by atoms with E-state index in [4.69, 9.17) is 4.74 Å². The van der Waals surface area contributed by atoms with Crippen LogP contribution in [-0.4, -0.2) is 50.8 Å². The number of hydrogen-bond donors (Lipinski definition) is 0. The molecule has 1 aliphatic heterocycles. The lowest BCUT2D eigenvalue weighted by Gasteiger charge is -2.35. The molecular weight excluding hydrogens is 352 g/mol. The minimum Gasteiger partial charge on any atom is -0.372 e. The molecule has 0 aliphatic carbocycles. The lowest BCUT2D eigenvalue weighted by Crippen LogP contribution is -2.49. The van der Waals surface area contributed by atoms with Crippen molar-refractivity contribution in [3.63, 3.8) is 0 Å². The number of aromatic nitrogens is 2. The number of hydrogen-bond acceptors (Lipinski definition) is 6. The van der Waals surface area contributed by atoms with Gasteiger partial charge >= 0.3 is 0 Å². The molecule has 1 saturated heterocycles. The van der Waals surface area contributed by atoms with Gasteiger partial charge in [0, 0.05) is 30.9 Å². The Morgan fingerprint density at radius 3 is 2.52 bits per heavy atom. The molecule has 9 heteroatoms. The van der Waals surface area contributed by atoms with E-state index < -0.39 is 16.3 Å². The van der Waals surface area contributed by atoms with Gasteiger partial charge in [0.2, 0.25) is 5.43 Å². The van der Waals surface area contributed by atoms with Crippen LogP contribution in [-0.2, 0) is 4.74 Å². The van der Waals surface area contributed by atoms with E-state index in [0.29, 0.717) is 18.8 Å². The van der Waals surface area contributed by atoms with Crippen LogP contribution >= 0.6 is 0 Å². The summed E-state index contributed by atoms with van der Waals surface area (Å²) in [5, 5.41) is 15.5. The third kappa shape index (κ3) is 3.72. The number of nitrogens with zero attached hydrogens (tertiary/aromatic N) is 4. The van der Waals surface area contributed by atoms with Crippen molar-refractivity contribution >= 4 is 11.6 Å². The Labute approximate surface area is 155 Å². The first-order chi connectivity index (χ1) is 12.8. The molecule has 0 N–H and O–H groups in total. The summed E-state index contributed by atoms with van der Waals surface area (Å²) in [5.74, 6) is -0.505. The van der Waals surface area contributed by atoms with Crippen molar-refractivity contribution in [1.29, 1.82) is 0 Å². The molecule has 2 unspecified atom stereocenters. The van der Waals surface area contributed by atoms with Gasteiger partial charge in [-0.2, -0.15) is 5.10 Å². The SMILES string of the molecule is Cc1cc(=O)c(C(=O)N2CC(C)OC(C)C2)nn1-c1ccccc1[N+](=O)[O-]. The van der Waals surface area contributed by atoms with Gasteiger partial charge in [0.1, 0.15) is 5.69 Å². The number of nitro benzene ring substituents is 1. The molecule has 2 heterocycles. The van der Waals surface area contributed by atoms with E-state index >= 15 is 0 Å². The van der Waals surface area contributed by atoms with E-state index in [0.717, 1.165) is 0 Å². The second-order valence-electron chi connectivity index (χ2n) is 6.62. The zero-order valence-electron chi connectivity index (χ0n) is 15.3. The molecule has 0 bridgehead atoms. The van der Waals surface area contributed by atoms with Crippen molar-refractivity contribution in [3.8, 4) is 5.69 Å². The fraction of sp³-hybridized carbons (Fsp3) is 0.389. The summed E-state index contributed by atoms with van der Waals surface area (Å²) in [5.41, 5.74) is -0.352. The summed E-state index contributed by atoms with van der Waals surface area (Å²) in [6, 6.07) is 7.32. The number of benzene rings is 1. The highest BCUT2D eigenvalue weighted by atomic mass is 16.6. The number of amides is 1. The molecule has 2 aromatic rings. The summed E-state index contributed by atoms with van der Waals surface area (Å²) in [4.78, 5) is 37.6. The predicted molar refractivity (Wildman–Crippen MR) is 97.1 cm³/mol. The zero-order valence-corrected chi connectivity index (χ0v) is 15.3. The summed E-state index contributed by atoms with van der Waals surface area (Å²) in [7, 11) is 0. The van der Waals surface area contributed by atoms with Crippen molar-refractivity contribution < 1.29 is 14.5 Å². The van der Waals surface area contributed by atoms with E-state index in [1.165, 1.54) is 27.8 Å². The first kappa shape index (κ1) is 18.7. The van der Waals surface area contributed by atoms with E-state index in [2.05, 4.69) is 5.10 Å². The number of para-hydroxylation sites is 2. The zero-order chi connectivity index (χ0) is 19.7. The highest BCUT2D eigenvalue weighted by Gasteiger charge is 2.29. The molecule has 0 saturated carbocycles. The molecule has 3 rings (SSSR count). The van der Waals surface area contributed by atoms with Gasteiger partial charge in [0.05, 0.1) is 17.1 Å². The van der Waals surface area contributed by atoms with Crippen molar-refractivity contribution in [1.82, 2.24) is 14.7 Å². The van der Waals surface area contributed by atoms with Crippen LogP contribution in [0.5, 0.6) is 0 Å². The number of aryl methyl sites for hydroxylation is 1. The van der Waals surface area contributed by atoms with Crippen LogP contribution in [0.3, 0.4) is 0 Å². The van der Waals surface area contributed by atoms with Crippen LogP contribution in [0.2, 0.25) is 0 Å². The van der Waals surface area contributed by atoms with E-state index in [1.54, 1.807) is 19.1 Å². The maximum atomic E-state index is 12.9. The molecule has 2 atom stereocenters. The van der Waals surface area contributed by atoms with Gasteiger partial charge in [-0.25, -0.2) is 4.68 Å². The largest absolute Gasteiger partial charge is 0.372 e. The second kappa shape index (κ2) is 7.28. The summed E-state index contributed by atoms with van der Waals surface area (Å²) >= 11 is 0. The van der Waals surface area contributed by atoms with Crippen molar-refractivity contribution in [2.75, 3.05) is 13.1 Å². The van der Waals surface area contributed by atoms with Crippen molar-refractivity contribution in [3.05, 3.63) is 62.1 Å². The Balaban J connectivity index is 2.07. The van der Waals surface area contributed by atoms with Gasteiger partial charge < -0.3 is 9.64 Å². The van der Waals surface area contributed by atoms with E-state index in [9.17, 15) is 19.7 Å². The Morgan fingerprint density at radius 2 is 1.89 bits per heavy atom. The lowest BCUT2D eigenvalue weighted by atomic mass is 10.2. The van der Waals surface area contributed by atoms with Gasteiger partial charge in [-0.1, -0.05) is 12.1 Å². The predicted octanol–water partition coefficient (Wildman–Crippen LogP) is 1.70. The highest BCUT2D eigenvalue weighted by Crippen LogP contribution is 2.22. The van der Waals surface area contributed by atoms with Crippen LogP contribution in [0.15, 0.2) is 35.1 Å². The molecule has 0 spiro atoms. The van der Waals surface area contributed by atoms with Crippen LogP contribution in [0.4, 0.5) is 5.69 Å². The third-order valence-corrected chi connectivity index (χ3v) is 4.32. The standard InChI is InChI=1S/C18H20N4O5/c1-11-8-16(23)17(18(24)20-9-12(2)27-13(3)10-20)19-21(11)14-6-4-5-7-15(14)22(25)26/h4-8,12-13H,9-10H2,1-3H3. The molecule has 142 valence electrons. The summed E-state index contributed by atoms with van der Waals surface area (Å²) < 4.78 is 6.88. The molecular formula is C18H20N4O5.